The van der Waals surface area contributed by atoms with E-state index in [-0.39, 0.29) is 6.10 Å². The Morgan fingerprint density at radius 3 is 2.72 bits per heavy atom. The van der Waals surface area contributed by atoms with E-state index in [0.717, 1.165) is 25.1 Å². The van der Waals surface area contributed by atoms with Crippen molar-refractivity contribution in [1.82, 2.24) is 0 Å². The van der Waals surface area contributed by atoms with Crippen molar-refractivity contribution in [3.8, 4) is 0 Å². The number of hydrogen-bond donors (Lipinski definition) is 3. The molecule has 0 atom stereocenters. The van der Waals surface area contributed by atoms with Crippen molar-refractivity contribution in [2.45, 2.75) is 18.9 Å². The van der Waals surface area contributed by atoms with E-state index in [9.17, 15) is 9.90 Å². The number of amides is 1. The number of carbonyl (C=O) groups is 1. The molecule has 0 saturated heterocycles. The summed E-state index contributed by atoms with van der Waals surface area (Å²) in [4.78, 5) is 13.2. The van der Waals surface area contributed by atoms with Crippen molar-refractivity contribution in [2.24, 2.45) is 11.7 Å². The van der Waals surface area contributed by atoms with Gasteiger partial charge in [0.2, 0.25) is 5.91 Å². The highest BCUT2D eigenvalue weighted by Gasteiger charge is 2.28. The Kier molecular flexibility index (Phi) is 3.43. The number of aliphatic hydroxyl groups is 1. The third kappa shape index (κ3) is 2.56. The van der Waals surface area contributed by atoms with Crippen LogP contribution in [0.2, 0.25) is 0 Å². The first-order chi connectivity index (χ1) is 8.47. The minimum Gasteiger partial charge on any atom is -0.397 e. The van der Waals surface area contributed by atoms with Crippen molar-refractivity contribution >= 4 is 17.3 Å². The van der Waals surface area contributed by atoms with E-state index in [1.54, 1.807) is 18.2 Å². The lowest BCUT2D eigenvalue weighted by atomic mass is 9.82. The second-order valence-corrected chi connectivity index (χ2v) is 5.01. The van der Waals surface area contributed by atoms with Crippen LogP contribution in [0.1, 0.15) is 23.2 Å². The Hall–Kier alpha value is -1.75. The van der Waals surface area contributed by atoms with E-state index < -0.39 is 5.91 Å². The minimum absolute atomic E-state index is 0.155. The molecule has 5 nitrogen and oxygen atoms in total. The van der Waals surface area contributed by atoms with Crippen LogP contribution in [0.4, 0.5) is 11.4 Å². The molecule has 1 aromatic carbocycles. The van der Waals surface area contributed by atoms with Gasteiger partial charge in [-0.05, 0) is 37.0 Å². The summed E-state index contributed by atoms with van der Waals surface area (Å²) in [5.41, 5.74) is 13.1. The number of hydrogen-bond acceptors (Lipinski definition) is 4. The maximum Gasteiger partial charge on any atom is 0.248 e. The lowest BCUT2D eigenvalue weighted by molar-refractivity contribution is 0.0465. The van der Waals surface area contributed by atoms with E-state index in [2.05, 4.69) is 0 Å². The molecule has 0 aliphatic heterocycles. The molecule has 5 heteroatoms. The van der Waals surface area contributed by atoms with Crippen molar-refractivity contribution in [2.75, 3.05) is 24.2 Å². The van der Waals surface area contributed by atoms with Crippen molar-refractivity contribution < 1.29 is 9.90 Å². The Morgan fingerprint density at radius 2 is 2.17 bits per heavy atom. The highest BCUT2D eigenvalue weighted by Crippen LogP contribution is 2.31. The van der Waals surface area contributed by atoms with Gasteiger partial charge in [0.15, 0.2) is 0 Å². The second-order valence-electron chi connectivity index (χ2n) is 5.01. The predicted octanol–water partition coefficient (Wildman–Crippen LogP) is 0.575. The maximum absolute atomic E-state index is 11.1. The molecule has 1 amide bonds. The number of rotatable bonds is 4. The zero-order chi connectivity index (χ0) is 13.3. The third-order valence-corrected chi connectivity index (χ3v) is 3.47. The standard InChI is InChI=1S/C13H19N3O2/c1-16(7-8-4-10(17)5-8)12-6-9(13(15)18)2-3-11(12)14/h2-3,6,8,10,17H,4-5,7,14H2,1H3,(H2,15,18). The average molecular weight is 249 g/mol. The molecule has 0 heterocycles. The van der Waals surface area contributed by atoms with Gasteiger partial charge in [-0.2, -0.15) is 0 Å². The van der Waals surface area contributed by atoms with Crippen LogP contribution in [0.5, 0.6) is 0 Å². The molecular weight excluding hydrogens is 230 g/mol. The molecule has 18 heavy (non-hydrogen) atoms. The SMILES string of the molecule is CN(CC1CC(O)C1)c1cc(C(N)=O)ccc1N. The number of benzene rings is 1. The fraction of sp³-hybridized carbons (Fsp3) is 0.462. The van der Waals surface area contributed by atoms with Crippen molar-refractivity contribution in [3.05, 3.63) is 23.8 Å². The number of nitrogens with zero attached hydrogens (tertiary/aromatic N) is 1. The van der Waals surface area contributed by atoms with E-state index in [4.69, 9.17) is 11.5 Å². The number of primary amides is 1. The molecule has 0 bridgehead atoms. The zero-order valence-electron chi connectivity index (χ0n) is 10.5. The van der Waals surface area contributed by atoms with Crippen LogP contribution in [0.3, 0.4) is 0 Å². The first kappa shape index (κ1) is 12.7. The molecule has 0 radical (unpaired) electrons. The van der Waals surface area contributed by atoms with Gasteiger partial charge in [-0.15, -0.1) is 0 Å². The third-order valence-electron chi connectivity index (χ3n) is 3.47. The number of carbonyl (C=O) groups excluding carboxylic acids is 1. The lowest BCUT2D eigenvalue weighted by Gasteiger charge is -2.35. The maximum atomic E-state index is 11.1. The van der Waals surface area contributed by atoms with Gasteiger partial charge in [0.1, 0.15) is 0 Å². The Bertz CT molecular complexity index is 456. The topological polar surface area (TPSA) is 92.6 Å². The molecule has 0 spiro atoms. The predicted molar refractivity (Wildman–Crippen MR) is 71.4 cm³/mol. The quantitative estimate of drug-likeness (QED) is 0.680. The van der Waals surface area contributed by atoms with Gasteiger partial charge in [-0.3, -0.25) is 4.79 Å². The summed E-state index contributed by atoms with van der Waals surface area (Å²) >= 11 is 0. The Balaban J connectivity index is 2.10. The van der Waals surface area contributed by atoms with Crippen LogP contribution in [0.15, 0.2) is 18.2 Å². The fourth-order valence-electron chi connectivity index (χ4n) is 2.36. The highest BCUT2D eigenvalue weighted by atomic mass is 16.3. The highest BCUT2D eigenvalue weighted by molar-refractivity contribution is 5.95. The molecule has 5 N–H and O–H groups in total. The molecule has 0 aromatic heterocycles. The van der Waals surface area contributed by atoms with E-state index >= 15 is 0 Å². The molecule has 98 valence electrons. The zero-order valence-corrected chi connectivity index (χ0v) is 10.5. The average Bonchev–Trinajstić information content (AvgIpc) is 2.27. The number of nitrogens with two attached hydrogens (primary N) is 2. The number of aliphatic hydroxyl groups excluding tert-OH is 1. The fourth-order valence-corrected chi connectivity index (χ4v) is 2.36. The van der Waals surface area contributed by atoms with Gasteiger partial charge in [0, 0.05) is 19.2 Å². The van der Waals surface area contributed by atoms with Gasteiger partial charge in [0.05, 0.1) is 17.5 Å². The first-order valence-corrected chi connectivity index (χ1v) is 6.06. The Morgan fingerprint density at radius 1 is 1.50 bits per heavy atom. The number of nitrogen functional groups attached to an aromatic ring is 1. The van der Waals surface area contributed by atoms with Gasteiger partial charge in [0.25, 0.3) is 0 Å². The minimum atomic E-state index is -0.455. The monoisotopic (exact) mass is 249 g/mol. The van der Waals surface area contributed by atoms with Crippen LogP contribution >= 0.6 is 0 Å². The Labute approximate surface area is 106 Å². The molecule has 1 saturated carbocycles. The smallest absolute Gasteiger partial charge is 0.248 e. The van der Waals surface area contributed by atoms with Gasteiger partial charge in [-0.25, -0.2) is 0 Å². The molecule has 1 fully saturated rings. The summed E-state index contributed by atoms with van der Waals surface area (Å²) in [7, 11) is 1.93. The summed E-state index contributed by atoms with van der Waals surface area (Å²) in [5, 5.41) is 9.27. The van der Waals surface area contributed by atoms with Crippen molar-refractivity contribution in [1.29, 1.82) is 0 Å². The first-order valence-electron chi connectivity index (χ1n) is 6.06. The molecule has 1 aliphatic rings. The second kappa shape index (κ2) is 4.86. The van der Waals surface area contributed by atoms with Crippen molar-refractivity contribution in [3.63, 3.8) is 0 Å². The van der Waals surface area contributed by atoms with E-state index in [1.807, 2.05) is 11.9 Å². The summed E-state index contributed by atoms with van der Waals surface area (Å²) < 4.78 is 0. The molecule has 0 unspecified atom stereocenters. The number of anilines is 2. The molecular formula is C13H19N3O2. The lowest BCUT2D eigenvalue weighted by Crippen LogP contribution is -2.37. The summed E-state index contributed by atoms with van der Waals surface area (Å²) in [5.74, 6) is 0.0327. The van der Waals surface area contributed by atoms with Crippen LogP contribution in [-0.2, 0) is 0 Å². The van der Waals surface area contributed by atoms with E-state index in [0.29, 0.717) is 17.2 Å². The summed E-state index contributed by atoms with van der Waals surface area (Å²) in [6, 6.07) is 5.04. The summed E-state index contributed by atoms with van der Waals surface area (Å²) in [6.45, 7) is 0.823. The van der Waals surface area contributed by atoms with Crippen LogP contribution in [0.25, 0.3) is 0 Å². The van der Waals surface area contributed by atoms with Gasteiger partial charge in [-0.1, -0.05) is 0 Å². The van der Waals surface area contributed by atoms with Gasteiger partial charge < -0.3 is 21.5 Å². The largest absolute Gasteiger partial charge is 0.397 e. The van der Waals surface area contributed by atoms with Crippen LogP contribution in [-0.4, -0.2) is 30.7 Å². The van der Waals surface area contributed by atoms with E-state index in [1.165, 1.54) is 0 Å². The molecule has 1 aliphatic carbocycles. The molecule has 1 aromatic rings. The summed E-state index contributed by atoms with van der Waals surface area (Å²) in [6.07, 6.45) is 1.51. The van der Waals surface area contributed by atoms with Crippen LogP contribution in [0, 0.1) is 5.92 Å². The molecule has 2 rings (SSSR count). The van der Waals surface area contributed by atoms with Gasteiger partial charge >= 0.3 is 0 Å². The normalized spacial score (nSPS) is 22.3. The van der Waals surface area contributed by atoms with Crippen LogP contribution < -0.4 is 16.4 Å².